The minimum Gasteiger partial charge on any atom is -0.481 e. The van der Waals surface area contributed by atoms with Crippen molar-refractivity contribution in [1.82, 2.24) is 0 Å². The van der Waals surface area contributed by atoms with E-state index in [-0.39, 0.29) is 0 Å². The molecule has 0 aliphatic heterocycles. The summed E-state index contributed by atoms with van der Waals surface area (Å²) in [6.45, 7) is 1.28. The molecule has 0 aromatic carbocycles. The van der Waals surface area contributed by atoms with Gasteiger partial charge >= 0.3 is 17.9 Å². The van der Waals surface area contributed by atoms with Gasteiger partial charge in [-0.15, -0.1) is 0 Å². The zero-order chi connectivity index (χ0) is 10.6. The zero-order valence-corrected chi connectivity index (χ0v) is 6.93. The Balaban J connectivity index is 4.46. The number of carboxylic acid groups (broad SMARTS) is 3. The van der Waals surface area contributed by atoms with Gasteiger partial charge in [0.05, 0.1) is 0 Å². The van der Waals surface area contributed by atoms with Gasteiger partial charge in [-0.1, -0.05) is 6.92 Å². The Morgan fingerprint density at radius 2 is 1.46 bits per heavy atom. The first kappa shape index (κ1) is 11.4. The van der Waals surface area contributed by atoms with Crippen molar-refractivity contribution in [2.45, 2.75) is 13.3 Å². The molecule has 1 atom stereocenters. The van der Waals surface area contributed by atoms with Crippen LogP contribution in [-0.2, 0) is 14.4 Å². The second-order valence-electron chi connectivity index (χ2n) is 2.73. The largest absolute Gasteiger partial charge is 0.481 e. The van der Waals surface area contributed by atoms with Gasteiger partial charge in [0.1, 0.15) is 0 Å². The fourth-order valence-electron chi connectivity index (χ4n) is 0.986. The molecule has 0 bridgehead atoms. The van der Waals surface area contributed by atoms with Crippen LogP contribution >= 0.6 is 0 Å². The number of hydrogen-bond donors (Lipinski definition) is 3. The van der Waals surface area contributed by atoms with Crippen molar-refractivity contribution in [1.29, 1.82) is 0 Å². The summed E-state index contributed by atoms with van der Waals surface area (Å²) < 4.78 is 0. The lowest BCUT2D eigenvalue weighted by molar-refractivity contribution is -0.157. The van der Waals surface area contributed by atoms with Crippen molar-refractivity contribution in [2.24, 2.45) is 11.8 Å². The molecule has 0 saturated carbocycles. The van der Waals surface area contributed by atoms with E-state index in [1.807, 2.05) is 0 Å². The van der Waals surface area contributed by atoms with E-state index in [0.29, 0.717) is 0 Å². The summed E-state index contributed by atoms with van der Waals surface area (Å²) in [7, 11) is 0. The lowest BCUT2D eigenvalue weighted by Gasteiger charge is -2.13. The van der Waals surface area contributed by atoms with Crippen LogP contribution in [0.5, 0.6) is 0 Å². The molecular formula is C7H10O6. The summed E-state index contributed by atoms with van der Waals surface area (Å²) in [6, 6.07) is 0. The maximum Gasteiger partial charge on any atom is 0.318 e. The molecule has 0 radical (unpaired) electrons. The van der Waals surface area contributed by atoms with Crippen LogP contribution in [0.25, 0.3) is 0 Å². The Bertz CT molecular complexity index is 219. The second kappa shape index (κ2) is 4.44. The molecule has 6 heteroatoms. The van der Waals surface area contributed by atoms with E-state index >= 15 is 0 Å². The van der Waals surface area contributed by atoms with Gasteiger partial charge in [-0.25, -0.2) is 0 Å². The maximum atomic E-state index is 10.4. The van der Waals surface area contributed by atoms with Crippen LogP contribution in [0.4, 0.5) is 0 Å². The fraction of sp³-hybridized carbons (Fsp3) is 0.571. The van der Waals surface area contributed by atoms with Gasteiger partial charge < -0.3 is 15.3 Å². The van der Waals surface area contributed by atoms with E-state index in [2.05, 4.69) is 0 Å². The quantitative estimate of drug-likeness (QED) is 0.521. The normalized spacial score (nSPS) is 12.5. The summed E-state index contributed by atoms with van der Waals surface area (Å²) in [6.07, 6.45) is -0.469. The Morgan fingerprint density at radius 3 is 1.69 bits per heavy atom. The van der Waals surface area contributed by atoms with Gasteiger partial charge in [0.15, 0.2) is 5.92 Å². The van der Waals surface area contributed by atoms with Crippen molar-refractivity contribution in [3.8, 4) is 0 Å². The first-order valence-electron chi connectivity index (χ1n) is 3.53. The summed E-state index contributed by atoms with van der Waals surface area (Å²) in [5, 5.41) is 25.2. The number of rotatable bonds is 5. The molecular weight excluding hydrogens is 180 g/mol. The Morgan fingerprint density at radius 1 is 1.08 bits per heavy atom. The van der Waals surface area contributed by atoms with Crippen molar-refractivity contribution in [3.05, 3.63) is 0 Å². The molecule has 3 N–H and O–H groups in total. The van der Waals surface area contributed by atoms with E-state index in [4.69, 9.17) is 15.3 Å². The molecule has 74 valence electrons. The first-order valence-corrected chi connectivity index (χ1v) is 3.53. The highest BCUT2D eigenvalue weighted by Gasteiger charge is 2.32. The van der Waals surface area contributed by atoms with E-state index in [1.165, 1.54) is 6.92 Å². The monoisotopic (exact) mass is 190 g/mol. The highest BCUT2D eigenvalue weighted by molar-refractivity contribution is 5.93. The van der Waals surface area contributed by atoms with Crippen molar-refractivity contribution < 1.29 is 29.7 Å². The molecule has 0 heterocycles. The van der Waals surface area contributed by atoms with Crippen LogP contribution in [0.2, 0.25) is 0 Å². The van der Waals surface area contributed by atoms with E-state index in [0.717, 1.165) is 0 Å². The van der Waals surface area contributed by atoms with E-state index < -0.39 is 36.2 Å². The average molecular weight is 190 g/mol. The molecule has 13 heavy (non-hydrogen) atoms. The van der Waals surface area contributed by atoms with Crippen LogP contribution in [-0.4, -0.2) is 33.2 Å². The standard InChI is InChI=1S/C7H10O6/c1-3(2-4(8)9)5(6(10)11)7(12)13/h3,5H,2H2,1H3,(H,8,9)(H,10,11)(H,12,13). The summed E-state index contributed by atoms with van der Waals surface area (Å²) >= 11 is 0. The van der Waals surface area contributed by atoms with Crippen LogP contribution < -0.4 is 0 Å². The van der Waals surface area contributed by atoms with Gasteiger partial charge in [0, 0.05) is 6.42 Å². The van der Waals surface area contributed by atoms with Gasteiger partial charge in [-0.05, 0) is 5.92 Å². The molecule has 0 fully saturated rings. The zero-order valence-electron chi connectivity index (χ0n) is 6.93. The Labute approximate surface area is 73.8 Å². The fourth-order valence-corrected chi connectivity index (χ4v) is 0.986. The summed E-state index contributed by atoms with van der Waals surface area (Å²) in [5.74, 6) is -6.81. The SMILES string of the molecule is CC(CC(=O)O)C(C(=O)O)C(=O)O. The van der Waals surface area contributed by atoms with Gasteiger partial charge in [-0.2, -0.15) is 0 Å². The van der Waals surface area contributed by atoms with Crippen molar-refractivity contribution in [3.63, 3.8) is 0 Å². The van der Waals surface area contributed by atoms with Crippen LogP contribution in [0.3, 0.4) is 0 Å². The third kappa shape index (κ3) is 3.55. The molecule has 0 amide bonds. The molecule has 0 aliphatic carbocycles. The van der Waals surface area contributed by atoms with Crippen LogP contribution in [0, 0.1) is 11.8 Å². The van der Waals surface area contributed by atoms with Crippen molar-refractivity contribution in [2.75, 3.05) is 0 Å². The molecule has 0 aromatic heterocycles. The molecule has 0 spiro atoms. The highest BCUT2D eigenvalue weighted by Crippen LogP contribution is 2.16. The van der Waals surface area contributed by atoms with Crippen LogP contribution in [0.15, 0.2) is 0 Å². The van der Waals surface area contributed by atoms with Gasteiger partial charge in [-0.3, -0.25) is 14.4 Å². The highest BCUT2D eigenvalue weighted by atomic mass is 16.4. The third-order valence-electron chi connectivity index (χ3n) is 1.60. The molecule has 0 saturated heterocycles. The second-order valence-corrected chi connectivity index (χ2v) is 2.73. The predicted molar refractivity (Wildman–Crippen MR) is 40.2 cm³/mol. The Hall–Kier alpha value is -1.59. The lowest BCUT2D eigenvalue weighted by Crippen LogP contribution is -2.30. The summed E-state index contributed by atoms with van der Waals surface area (Å²) in [5.41, 5.74) is 0. The number of aliphatic carboxylic acids is 3. The van der Waals surface area contributed by atoms with Gasteiger partial charge in [0.25, 0.3) is 0 Å². The summed E-state index contributed by atoms with van der Waals surface area (Å²) in [4.78, 5) is 31.0. The number of hydrogen-bond acceptors (Lipinski definition) is 3. The molecule has 0 aromatic rings. The minimum absolute atomic E-state index is 0.469. The topological polar surface area (TPSA) is 112 Å². The molecule has 6 nitrogen and oxygen atoms in total. The lowest BCUT2D eigenvalue weighted by atomic mass is 9.91. The minimum atomic E-state index is -1.66. The number of carboxylic acids is 3. The van der Waals surface area contributed by atoms with Crippen LogP contribution in [0.1, 0.15) is 13.3 Å². The number of carbonyl (C=O) groups is 3. The van der Waals surface area contributed by atoms with E-state index in [1.54, 1.807) is 0 Å². The van der Waals surface area contributed by atoms with E-state index in [9.17, 15) is 14.4 Å². The smallest absolute Gasteiger partial charge is 0.318 e. The third-order valence-corrected chi connectivity index (χ3v) is 1.60. The molecule has 0 rings (SSSR count). The predicted octanol–water partition coefficient (Wildman–Crippen LogP) is -0.117. The molecule has 0 aliphatic rings. The van der Waals surface area contributed by atoms with Crippen molar-refractivity contribution >= 4 is 17.9 Å². The van der Waals surface area contributed by atoms with Gasteiger partial charge in [0.2, 0.25) is 0 Å². The molecule has 1 unspecified atom stereocenters. The Kier molecular flexibility index (Phi) is 3.90. The average Bonchev–Trinajstić information content (AvgIpc) is 1.81. The first-order chi connectivity index (χ1) is 5.86. The maximum absolute atomic E-state index is 10.4.